The van der Waals surface area contributed by atoms with Crippen LogP contribution in [0.5, 0.6) is 0 Å². The molecule has 1 aromatic carbocycles. The van der Waals surface area contributed by atoms with Gasteiger partial charge in [0.2, 0.25) is 0 Å². The van der Waals surface area contributed by atoms with E-state index in [0.717, 1.165) is 0 Å². The molecule has 4 heteroatoms. The van der Waals surface area contributed by atoms with Gasteiger partial charge in [-0.3, -0.25) is 0 Å². The van der Waals surface area contributed by atoms with Gasteiger partial charge in [0.1, 0.15) is 0 Å². The SMILES string of the molecule is CO[Si](C)(OC)c1cccc(I)c1. The highest BCUT2D eigenvalue weighted by atomic mass is 127. The van der Waals surface area contributed by atoms with Gasteiger partial charge in [-0.1, -0.05) is 12.1 Å². The van der Waals surface area contributed by atoms with Crippen molar-refractivity contribution in [2.24, 2.45) is 0 Å². The first-order chi connectivity index (χ1) is 6.12. The molecule has 0 amide bonds. The summed E-state index contributed by atoms with van der Waals surface area (Å²) < 4.78 is 12.1. The summed E-state index contributed by atoms with van der Waals surface area (Å²) in [5.74, 6) is 0. The minimum atomic E-state index is -2.11. The second-order valence-corrected chi connectivity index (χ2v) is 7.40. The van der Waals surface area contributed by atoms with Crippen LogP contribution in [0.1, 0.15) is 0 Å². The van der Waals surface area contributed by atoms with Gasteiger partial charge in [-0.25, -0.2) is 0 Å². The van der Waals surface area contributed by atoms with Crippen LogP contribution in [0.2, 0.25) is 6.55 Å². The Bertz CT molecular complexity index is 287. The lowest BCUT2D eigenvalue weighted by Gasteiger charge is -2.23. The van der Waals surface area contributed by atoms with E-state index >= 15 is 0 Å². The first-order valence-corrected chi connectivity index (χ1v) is 7.38. The maximum Gasteiger partial charge on any atom is 0.368 e. The van der Waals surface area contributed by atoms with Crippen LogP contribution in [0, 0.1) is 3.57 Å². The number of rotatable bonds is 3. The lowest BCUT2D eigenvalue weighted by atomic mass is 10.4. The molecule has 0 bridgehead atoms. The van der Waals surface area contributed by atoms with E-state index in [1.54, 1.807) is 14.2 Å². The monoisotopic (exact) mass is 308 g/mol. The van der Waals surface area contributed by atoms with Crippen LogP contribution in [-0.2, 0) is 8.85 Å². The van der Waals surface area contributed by atoms with Crippen LogP contribution >= 0.6 is 22.6 Å². The third-order valence-corrected chi connectivity index (χ3v) is 5.72. The first kappa shape index (κ1) is 11.2. The molecule has 0 aliphatic heterocycles. The van der Waals surface area contributed by atoms with Crippen LogP contribution in [-0.4, -0.2) is 22.8 Å². The fourth-order valence-electron chi connectivity index (χ4n) is 1.09. The molecule has 0 aromatic heterocycles. The molecule has 13 heavy (non-hydrogen) atoms. The molecule has 0 saturated carbocycles. The summed E-state index contributed by atoms with van der Waals surface area (Å²) in [4.78, 5) is 0. The van der Waals surface area contributed by atoms with E-state index in [4.69, 9.17) is 8.85 Å². The van der Waals surface area contributed by atoms with Crippen molar-refractivity contribution in [2.75, 3.05) is 14.2 Å². The van der Waals surface area contributed by atoms with Crippen molar-refractivity contribution in [1.82, 2.24) is 0 Å². The third kappa shape index (κ3) is 2.52. The quantitative estimate of drug-likeness (QED) is 0.627. The maximum atomic E-state index is 5.44. The molecule has 0 heterocycles. The zero-order valence-electron chi connectivity index (χ0n) is 8.00. The van der Waals surface area contributed by atoms with Crippen LogP contribution in [0.3, 0.4) is 0 Å². The second kappa shape index (κ2) is 4.54. The van der Waals surface area contributed by atoms with Gasteiger partial charge in [0.15, 0.2) is 0 Å². The number of hydrogen-bond acceptors (Lipinski definition) is 2. The van der Waals surface area contributed by atoms with E-state index in [-0.39, 0.29) is 0 Å². The van der Waals surface area contributed by atoms with E-state index in [9.17, 15) is 0 Å². The number of halogens is 1. The molecule has 0 radical (unpaired) electrons. The van der Waals surface area contributed by atoms with Gasteiger partial charge in [-0.15, -0.1) is 0 Å². The Balaban J connectivity index is 3.05. The standard InChI is InChI=1S/C9H13IO2Si/c1-11-13(3,12-2)9-6-4-5-8(10)7-9/h4-7H,1-3H3. The van der Waals surface area contributed by atoms with Crippen molar-refractivity contribution < 1.29 is 8.85 Å². The fourth-order valence-corrected chi connectivity index (χ4v) is 3.38. The number of benzene rings is 1. The summed E-state index contributed by atoms with van der Waals surface area (Å²) in [6.07, 6.45) is 0. The van der Waals surface area contributed by atoms with Gasteiger partial charge in [-0.2, -0.15) is 0 Å². The van der Waals surface area contributed by atoms with Crippen molar-refractivity contribution in [3.63, 3.8) is 0 Å². The van der Waals surface area contributed by atoms with E-state index in [1.807, 2.05) is 12.6 Å². The van der Waals surface area contributed by atoms with E-state index in [0.29, 0.717) is 0 Å². The van der Waals surface area contributed by atoms with Crippen LogP contribution < -0.4 is 5.19 Å². The normalized spacial score (nSPS) is 11.7. The van der Waals surface area contributed by atoms with Gasteiger partial charge >= 0.3 is 8.56 Å². The largest absolute Gasteiger partial charge is 0.394 e. The molecule has 0 spiro atoms. The van der Waals surface area contributed by atoms with Crippen LogP contribution in [0.25, 0.3) is 0 Å². The van der Waals surface area contributed by atoms with Gasteiger partial charge in [0.25, 0.3) is 0 Å². The Morgan fingerprint density at radius 2 is 1.85 bits per heavy atom. The summed E-state index contributed by atoms with van der Waals surface area (Å²) in [5, 5.41) is 1.17. The Morgan fingerprint density at radius 3 is 2.31 bits per heavy atom. The first-order valence-electron chi connectivity index (χ1n) is 3.99. The minimum absolute atomic E-state index is 1.17. The summed E-state index contributed by atoms with van der Waals surface area (Å²) >= 11 is 2.29. The molecule has 1 aromatic rings. The lowest BCUT2D eigenvalue weighted by Crippen LogP contribution is -2.49. The van der Waals surface area contributed by atoms with E-state index < -0.39 is 8.56 Å². The molecular weight excluding hydrogens is 295 g/mol. The summed E-state index contributed by atoms with van der Waals surface area (Å²) in [7, 11) is 1.30. The zero-order valence-corrected chi connectivity index (χ0v) is 11.2. The molecule has 0 aliphatic rings. The molecule has 2 nitrogen and oxygen atoms in total. The molecule has 1 rings (SSSR count). The van der Waals surface area contributed by atoms with Crippen molar-refractivity contribution >= 4 is 36.3 Å². The van der Waals surface area contributed by atoms with Crippen LogP contribution in [0.4, 0.5) is 0 Å². The van der Waals surface area contributed by atoms with Crippen molar-refractivity contribution in [1.29, 1.82) is 0 Å². The highest BCUT2D eigenvalue weighted by molar-refractivity contribution is 14.1. The molecular formula is C9H13IO2Si. The van der Waals surface area contributed by atoms with E-state index in [2.05, 4.69) is 40.8 Å². The molecule has 0 saturated heterocycles. The Morgan fingerprint density at radius 1 is 1.23 bits per heavy atom. The molecule has 72 valence electrons. The molecule has 0 unspecified atom stereocenters. The maximum absolute atomic E-state index is 5.44. The van der Waals surface area contributed by atoms with Crippen molar-refractivity contribution in [2.45, 2.75) is 6.55 Å². The van der Waals surface area contributed by atoms with Crippen LogP contribution in [0.15, 0.2) is 24.3 Å². The van der Waals surface area contributed by atoms with Crippen molar-refractivity contribution in [3.05, 3.63) is 27.8 Å². The summed E-state index contributed by atoms with van der Waals surface area (Å²) in [6.45, 7) is 2.04. The smallest absolute Gasteiger partial charge is 0.368 e. The van der Waals surface area contributed by atoms with Gasteiger partial charge in [-0.05, 0) is 46.5 Å². The lowest BCUT2D eigenvalue weighted by molar-refractivity contribution is 0.265. The van der Waals surface area contributed by atoms with Gasteiger partial charge in [0.05, 0.1) is 0 Å². The predicted molar refractivity (Wildman–Crippen MR) is 64.4 cm³/mol. The topological polar surface area (TPSA) is 18.5 Å². The highest BCUT2D eigenvalue weighted by Crippen LogP contribution is 2.08. The molecule has 0 aliphatic carbocycles. The third-order valence-electron chi connectivity index (χ3n) is 2.13. The average Bonchev–Trinajstić information content (AvgIpc) is 2.17. The number of hydrogen-bond donors (Lipinski definition) is 0. The Hall–Kier alpha value is 0.0869. The molecule has 0 N–H and O–H groups in total. The molecule has 0 fully saturated rings. The molecule has 0 atom stereocenters. The second-order valence-electron chi connectivity index (χ2n) is 2.86. The average molecular weight is 308 g/mol. The minimum Gasteiger partial charge on any atom is -0.394 e. The fraction of sp³-hybridized carbons (Fsp3) is 0.333. The highest BCUT2D eigenvalue weighted by Gasteiger charge is 2.31. The van der Waals surface area contributed by atoms with Gasteiger partial charge in [0, 0.05) is 17.8 Å². The summed E-state index contributed by atoms with van der Waals surface area (Å²) in [5.41, 5.74) is 0. The van der Waals surface area contributed by atoms with Crippen molar-refractivity contribution in [3.8, 4) is 0 Å². The zero-order chi connectivity index (χ0) is 9.90. The Labute approximate surface area is 93.6 Å². The summed E-state index contributed by atoms with van der Waals surface area (Å²) in [6, 6.07) is 8.26. The Kier molecular flexibility index (Phi) is 3.90. The predicted octanol–water partition coefficient (Wildman–Crippen LogP) is 1.86. The van der Waals surface area contributed by atoms with E-state index in [1.165, 1.54) is 8.76 Å². The van der Waals surface area contributed by atoms with Gasteiger partial charge < -0.3 is 8.85 Å².